The fourth-order valence-corrected chi connectivity index (χ4v) is 19.0. The second-order valence-electron chi connectivity index (χ2n) is 44.3. The second kappa shape index (κ2) is 142. The van der Waals surface area contributed by atoms with E-state index in [2.05, 4.69) is 53.4 Å². The van der Waals surface area contributed by atoms with Gasteiger partial charge in [-0.15, -0.1) is 0 Å². The van der Waals surface area contributed by atoms with E-state index in [1.54, 1.807) is 0 Å². The third-order valence-electron chi connectivity index (χ3n) is 29.3. The molecule has 0 aliphatic rings. The molecule has 6 unspecified atom stereocenters. The van der Waals surface area contributed by atoms with Crippen molar-refractivity contribution in [3.8, 4) is 0 Å². The summed E-state index contributed by atoms with van der Waals surface area (Å²) < 4.78 is 0. The number of hydrogen-bond donors (Lipinski definition) is 13. The van der Waals surface area contributed by atoms with Crippen LogP contribution in [0.15, 0.2) is 0 Å². The average Bonchev–Trinajstić information content (AvgIpc) is 1.03. The van der Waals surface area contributed by atoms with E-state index >= 15 is 0 Å². The molecule has 894 valence electrons. The van der Waals surface area contributed by atoms with E-state index in [-0.39, 0.29) is 0 Å². The molecular weight excluding hydrogens is 1870 g/mol. The third kappa shape index (κ3) is 155. The van der Waals surface area contributed by atoms with Gasteiger partial charge in [-0.1, -0.05) is 691 Å². The van der Waals surface area contributed by atoms with Gasteiger partial charge < -0.3 is 66.2 Å². The van der Waals surface area contributed by atoms with Crippen LogP contribution in [0.3, 0.4) is 0 Å². The quantitative estimate of drug-likeness (QED) is 0.0153. The zero-order chi connectivity index (χ0) is 112. The lowest BCUT2D eigenvalue weighted by Crippen LogP contribution is -2.18. The van der Waals surface area contributed by atoms with Crippen molar-refractivity contribution in [3.05, 3.63) is 0 Å². The van der Waals surface area contributed by atoms with Crippen LogP contribution >= 0.6 is 0 Å². The van der Waals surface area contributed by atoms with E-state index in [1.165, 1.54) is 552 Å². The van der Waals surface area contributed by atoms with Gasteiger partial charge in [-0.2, -0.15) is 5.26 Å². The molecule has 0 rings (SSSR count). The van der Waals surface area contributed by atoms with Gasteiger partial charge in [-0.25, -0.2) is 33.6 Å². The SMILES string of the molecule is CCCCCCCCCCC(O)C(=O)O.CCCCCCCCCCCCC(O)C(=O)O.CCCCCCCCCCCCCCCC(=O)OO.CCCCCCCCCCCCCCCCC(O)C(=O)O.CCCCCCCCCCCCCCCCCCC(O)C(=O)O.CCCCCCCCCCCCCCCCCCCCC(O)C(=O)O.CCCCCCCCCCCCCCCCCCCCCCCCC(O)C(=O)O. The Balaban J connectivity index is -0.000000319. The summed E-state index contributed by atoms with van der Waals surface area (Å²) in [5, 5.41) is 114. The lowest BCUT2D eigenvalue weighted by molar-refractivity contribution is -0.234. The first-order valence-electron chi connectivity index (χ1n) is 64.7. The maximum atomic E-state index is 10.6. The molecule has 0 amide bonds. The van der Waals surface area contributed by atoms with Crippen molar-refractivity contribution in [3.63, 3.8) is 0 Å². The molecule has 0 heterocycles. The van der Waals surface area contributed by atoms with Crippen LogP contribution in [0, 0.1) is 0 Å². The Labute approximate surface area is 920 Å². The minimum Gasteiger partial charge on any atom is -0.479 e. The van der Waals surface area contributed by atoms with Crippen LogP contribution in [-0.2, 0) is 38.4 Å². The molecule has 0 spiro atoms. The first-order valence-corrected chi connectivity index (χ1v) is 64.7. The summed E-state index contributed by atoms with van der Waals surface area (Å²) >= 11 is 0. The summed E-state index contributed by atoms with van der Waals surface area (Å²) in [5.41, 5.74) is 0. The van der Waals surface area contributed by atoms with Crippen molar-refractivity contribution in [2.45, 2.75) is 779 Å². The predicted octanol–water partition coefficient (Wildman–Crippen LogP) is 38.9. The van der Waals surface area contributed by atoms with E-state index in [1.807, 2.05) is 0 Å². The first-order chi connectivity index (χ1) is 72.4. The minimum atomic E-state index is -1.17. The minimum absolute atomic E-state index is 0.342. The Morgan fingerprint density at radius 3 is 0.282 bits per heavy atom. The number of hydrogen-bond acceptors (Lipinski definition) is 15. The summed E-state index contributed by atoms with van der Waals surface area (Å²) in [4.78, 5) is 76.7. The van der Waals surface area contributed by atoms with Crippen molar-refractivity contribution < 1.29 is 105 Å². The molecule has 0 aromatic carbocycles. The van der Waals surface area contributed by atoms with Crippen LogP contribution < -0.4 is 0 Å². The van der Waals surface area contributed by atoms with Gasteiger partial charge in [0.2, 0.25) is 0 Å². The molecule has 21 heteroatoms. The van der Waals surface area contributed by atoms with Crippen molar-refractivity contribution in [2.24, 2.45) is 0 Å². The van der Waals surface area contributed by atoms with Crippen LogP contribution in [0.2, 0.25) is 0 Å². The standard InChI is InChI=1S/C26H52O3.C22H44O3.C20H40O3.C18H36O3.C16H32O3.C14H28O3.C12H24O3/c1-2-3-4-5-6-7-8-9-10-11-12-13-14-15-16-17-18-19-20-21-22-23-24-25(27)26(28)29;1-2-3-4-5-6-7-8-9-10-11-12-13-14-15-16-17-18-19-20-21(23)22(24)25;1-2-3-4-5-6-7-8-9-10-11-12-13-14-15-16-17-18-19(21)20(22)23;1-2-3-4-5-6-7-8-9-10-11-12-13-14-15-16-17(19)18(20)21;1-2-3-4-5-6-7-8-9-10-11-12-13-14-15-16(17)19-18;1-2-3-4-5-6-7-8-9-10-11-12-13(15)14(16)17;1-2-3-4-5-6-7-8-9-10-11(13)12(14)15/h25,27H,2-24H2,1H3,(H,28,29);21,23H,2-20H2,1H3,(H,24,25);19,21H,2-18H2,1H3,(H,22,23);17,19H,2-16H2,1H3,(H,20,21);18H,2-15H2,1H3;13,15H,2-12H2,1H3,(H,16,17);11,13H,2-10H2,1H3,(H,14,15). The topological polar surface area (TPSA) is 392 Å². The molecule has 6 atom stereocenters. The molecule has 149 heavy (non-hydrogen) atoms. The predicted molar refractivity (Wildman–Crippen MR) is 629 cm³/mol. The molecule has 0 aromatic heterocycles. The van der Waals surface area contributed by atoms with Gasteiger partial charge in [0.1, 0.15) is 0 Å². The Morgan fingerprint density at radius 1 is 0.134 bits per heavy atom. The van der Waals surface area contributed by atoms with E-state index < -0.39 is 78.4 Å². The lowest BCUT2D eigenvalue weighted by Gasteiger charge is -2.05. The Hall–Kier alpha value is -3.99. The zero-order valence-electron chi connectivity index (χ0n) is 99.4. The lowest BCUT2D eigenvalue weighted by atomic mass is 10.0. The summed E-state index contributed by atoms with van der Waals surface area (Å²) in [6, 6.07) is 0. The van der Waals surface area contributed by atoms with E-state index in [0.29, 0.717) is 44.9 Å². The highest BCUT2D eigenvalue weighted by Gasteiger charge is 2.18. The number of carbonyl (C=O) groups is 7. The molecule has 13 N–H and O–H groups in total. The molecule has 21 nitrogen and oxygen atoms in total. The van der Waals surface area contributed by atoms with E-state index in [9.17, 15) is 38.7 Å². The molecule has 0 aromatic rings. The Kier molecular flexibility index (Phi) is 150. The summed E-state index contributed by atoms with van der Waals surface area (Å²) in [7, 11) is 0. The Bertz CT molecular complexity index is 2560. The number of aliphatic carboxylic acids is 6. The van der Waals surface area contributed by atoms with Gasteiger partial charge in [0.25, 0.3) is 0 Å². The number of rotatable bonds is 114. The normalized spacial score (nSPS) is 12.2. The van der Waals surface area contributed by atoms with Gasteiger partial charge in [-0.05, 0) is 44.9 Å². The summed E-state index contributed by atoms with van der Waals surface area (Å²) in [6.45, 7) is 15.8. The monoisotopic (exact) mass is 2130 g/mol. The molecule has 0 fully saturated rings. The second-order valence-corrected chi connectivity index (χ2v) is 44.3. The van der Waals surface area contributed by atoms with Crippen LogP contribution in [0.5, 0.6) is 0 Å². The number of carbonyl (C=O) groups excluding carboxylic acids is 1. The van der Waals surface area contributed by atoms with Crippen LogP contribution in [-0.4, -0.2) is 145 Å². The number of aliphatic hydroxyl groups excluding tert-OH is 6. The highest BCUT2D eigenvalue weighted by Crippen LogP contribution is 2.24. The fourth-order valence-electron chi connectivity index (χ4n) is 19.0. The van der Waals surface area contributed by atoms with Crippen molar-refractivity contribution in [2.75, 3.05) is 0 Å². The van der Waals surface area contributed by atoms with Gasteiger partial charge in [0, 0.05) is 6.42 Å². The van der Waals surface area contributed by atoms with Crippen LogP contribution in [0.4, 0.5) is 0 Å². The van der Waals surface area contributed by atoms with Gasteiger partial charge in [0.05, 0.1) is 0 Å². The van der Waals surface area contributed by atoms with E-state index in [4.69, 9.17) is 61.4 Å². The number of unbranched alkanes of at least 4 members (excludes halogenated alkanes) is 94. The average molecular weight is 2130 g/mol. The number of carboxylic acids is 6. The number of carboxylic acid groups (broad SMARTS) is 6. The third-order valence-corrected chi connectivity index (χ3v) is 29.3. The summed E-state index contributed by atoms with van der Waals surface area (Å²) in [5.74, 6) is -7.07. The number of aliphatic hydroxyl groups is 6. The Morgan fingerprint density at radius 2 is 0.208 bits per heavy atom. The molecule has 0 aliphatic carbocycles. The molecule has 0 radical (unpaired) electrons. The molecule has 0 saturated heterocycles. The molecule has 0 aliphatic heterocycles. The highest BCUT2D eigenvalue weighted by atomic mass is 17.1. The maximum absolute atomic E-state index is 10.6. The molecular formula is C128H256O21. The smallest absolute Gasteiger partial charge is 0.342 e. The zero-order valence-corrected chi connectivity index (χ0v) is 99.4. The van der Waals surface area contributed by atoms with Crippen LogP contribution in [0.1, 0.15) is 742 Å². The van der Waals surface area contributed by atoms with Crippen LogP contribution in [0.25, 0.3) is 0 Å². The highest BCUT2D eigenvalue weighted by molar-refractivity contribution is 5.73. The van der Waals surface area contributed by atoms with Crippen molar-refractivity contribution >= 4 is 41.8 Å². The van der Waals surface area contributed by atoms with Gasteiger partial charge >= 0.3 is 41.8 Å². The van der Waals surface area contributed by atoms with Gasteiger partial charge in [0.15, 0.2) is 36.6 Å². The maximum Gasteiger partial charge on any atom is 0.342 e. The molecule has 0 saturated carbocycles. The van der Waals surface area contributed by atoms with E-state index in [0.717, 1.165) is 96.3 Å². The van der Waals surface area contributed by atoms with Crippen molar-refractivity contribution in [1.82, 2.24) is 0 Å². The molecule has 0 bridgehead atoms. The van der Waals surface area contributed by atoms with Crippen molar-refractivity contribution in [1.29, 1.82) is 0 Å². The first kappa shape index (κ1) is 158. The summed E-state index contributed by atoms with van der Waals surface area (Å²) in [6.07, 6.45) is 127. The fraction of sp³-hybridized carbons (Fsp3) is 0.945. The van der Waals surface area contributed by atoms with Gasteiger partial charge in [-0.3, -0.25) is 0 Å². The largest absolute Gasteiger partial charge is 0.479 e.